The standard InChI is InChI=1S/C14H13F3N4OS/c15-14(16,17)8-18-12(22)7-23-13-20-10-4-2-1-3-9(10)11-5-6-19-21(11)13/h1-4,6,11H,5,7-8H2,(H,18,22). The monoisotopic (exact) mass is 342 g/mol. The lowest BCUT2D eigenvalue weighted by Gasteiger charge is -2.29. The second-order valence-corrected chi connectivity index (χ2v) is 5.97. The number of thioether (sulfide) groups is 1. The van der Waals surface area contributed by atoms with Crippen LogP contribution in [0.1, 0.15) is 18.0 Å². The Morgan fingerprint density at radius 1 is 1.39 bits per heavy atom. The number of benzene rings is 1. The van der Waals surface area contributed by atoms with Crippen LogP contribution in [0.15, 0.2) is 34.4 Å². The number of amidine groups is 1. The molecule has 5 nitrogen and oxygen atoms in total. The lowest BCUT2D eigenvalue weighted by Crippen LogP contribution is -2.36. The third-order valence-corrected chi connectivity index (χ3v) is 4.30. The maximum Gasteiger partial charge on any atom is 0.405 e. The van der Waals surface area contributed by atoms with Crippen LogP contribution in [-0.2, 0) is 4.79 Å². The summed E-state index contributed by atoms with van der Waals surface area (Å²) in [7, 11) is 0. The maximum atomic E-state index is 12.1. The van der Waals surface area contributed by atoms with Gasteiger partial charge in [0, 0.05) is 18.2 Å². The van der Waals surface area contributed by atoms with Crippen LogP contribution in [0.2, 0.25) is 0 Å². The first kappa shape index (κ1) is 15.9. The summed E-state index contributed by atoms with van der Waals surface area (Å²) in [4.78, 5) is 16.0. The Balaban J connectivity index is 1.67. The number of fused-ring (bicyclic) bond motifs is 3. The molecule has 23 heavy (non-hydrogen) atoms. The molecule has 0 aliphatic carbocycles. The number of nitrogens with zero attached hydrogens (tertiary/aromatic N) is 3. The fraction of sp³-hybridized carbons (Fsp3) is 0.357. The number of carbonyl (C=O) groups is 1. The van der Waals surface area contributed by atoms with Gasteiger partial charge in [-0.05, 0) is 6.07 Å². The van der Waals surface area contributed by atoms with Crippen molar-refractivity contribution < 1.29 is 18.0 Å². The smallest absolute Gasteiger partial charge is 0.346 e. The Morgan fingerprint density at radius 3 is 2.96 bits per heavy atom. The molecule has 0 fully saturated rings. The highest BCUT2D eigenvalue weighted by atomic mass is 32.2. The number of amides is 1. The Bertz CT molecular complexity index is 674. The van der Waals surface area contributed by atoms with E-state index in [0.717, 1.165) is 29.4 Å². The molecule has 1 unspecified atom stereocenters. The first-order chi connectivity index (χ1) is 10.9. The van der Waals surface area contributed by atoms with Gasteiger partial charge in [-0.1, -0.05) is 30.0 Å². The first-order valence-corrected chi connectivity index (χ1v) is 7.88. The number of halogens is 3. The van der Waals surface area contributed by atoms with Crippen molar-refractivity contribution in [3.05, 3.63) is 29.8 Å². The summed E-state index contributed by atoms with van der Waals surface area (Å²) >= 11 is 1.08. The molecule has 0 radical (unpaired) electrons. The Hall–Kier alpha value is -2.03. The molecule has 1 N–H and O–H groups in total. The van der Waals surface area contributed by atoms with Gasteiger partial charge in [0.05, 0.1) is 17.5 Å². The molecule has 0 saturated carbocycles. The molecule has 0 spiro atoms. The minimum absolute atomic E-state index is 0.0319. The highest BCUT2D eigenvalue weighted by molar-refractivity contribution is 8.14. The van der Waals surface area contributed by atoms with E-state index in [4.69, 9.17) is 0 Å². The predicted octanol–water partition coefficient (Wildman–Crippen LogP) is 2.83. The van der Waals surface area contributed by atoms with Crippen LogP contribution in [0.4, 0.5) is 18.9 Å². The van der Waals surface area contributed by atoms with Crippen LogP contribution in [0.25, 0.3) is 0 Å². The number of nitrogens with one attached hydrogen (secondary N) is 1. The van der Waals surface area contributed by atoms with Crippen LogP contribution in [0, 0.1) is 0 Å². The van der Waals surface area contributed by atoms with E-state index in [1.54, 1.807) is 11.2 Å². The molecule has 0 bridgehead atoms. The average molecular weight is 342 g/mol. The van der Waals surface area contributed by atoms with Crippen molar-refractivity contribution in [3.63, 3.8) is 0 Å². The number of para-hydroxylation sites is 1. The quantitative estimate of drug-likeness (QED) is 0.919. The second-order valence-electron chi connectivity index (χ2n) is 5.03. The van der Waals surface area contributed by atoms with Crippen LogP contribution in [0.3, 0.4) is 0 Å². The lowest BCUT2D eigenvalue weighted by atomic mass is 10.0. The first-order valence-electron chi connectivity index (χ1n) is 6.89. The lowest BCUT2D eigenvalue weighted by molar-refractivity contribution is -0.136. The summed E-state index contributed by atoms with van der Waals surface area (Å²) in [6.07, 6.45) is -1.91. The number of rotatable bonds is 3. The molecule has 9 heteroatoms. The van der Waals surface area contributed by atoms with Crippen LogP contribution < -0.4 is 5.32 Å². The van der Waals surface area contributed by atoms with E-state index in [0.29, 0.717) is 5.17 Å². The molecule has 1 amide bonds. The van der Waals surface area contributed by atoms with Crippen LogP contribution in [-0.4, -0.2) is 40.8 Å². The molecule has 2 aliphatic rings. The van der Waals surface area contributed by atoms with Gasteiger partial charge in [0.25, 0.3) is 0 Å². The molecule has 2 heterocycles. The van der Waals surface area contributed by atoms with Gasteiger partial charge in [-0.2, -0.15) is 18.3 Å². The summed E-state index contributed by atoms with van der Waals surface area (Å²) in [6, 6.07) is 7.67. The van der Waals surface area contributed by atoms with Crippen molar-refractivity contribution in [1.82, 2.24) is 10.3 Å². The number of carbonyl (C=O) groups excluding carboxylic acids is 1. The van der Waals surface area contributed by atoms with Crippen molar-refractivity contribution in [1.29, 1.82) is 0 Å². The predicted molar refractivity (Wildman–Crippen MR) is 82.7 cm³/mol. The zero-order valence-corrected chi connectivity index (χ0v) is 12.7. The zero-order chi connectivity index (χ0) is 16.4. The summed E-state index contributed by atoms with van der Waals surface area (Å²) in [5.41, 5.74) is 1.85. The largest absolute Gasteiger partial charge is 0.405 e. The number of hydrogen-bond donors (Lipinski definition) is 1. The van der Waals surface area contributed by atoms with Gasteiger partial charge < -0.3 is 5.32 Å². The van der Waals surface area contributed by atoms with Crippen molar-refractivity contribution in [3.8, 4) is 0 Å². The molecular formula is C14H13F3N4OS. The highest BCUT2D eigenvalue weighted by Crippen LogP contribution is 2.40. The molecule has 0 saturated heterocycles. The SMILES string of the molecule is O=C(CSC1=Nc2ccccc2C2CC=NN12)NCC(F)(F)F. The van der Waals surface area contributed by atoms with Crippen LogP contribution in [0.5, 0.6) is 0 Å². The normalized spacial score (nSPS) is 19.2. The number of hydrogen-bond acceptors (Lipinski definition) is 5. The van der Waals surface area contributed by atoms with Crippen LogP contribution >= 0.6 is 11.8 Å². The van der Waals surface area contributed by atoms with E-state index in [9.17, 15) is 18.0 Å². The molecule has 1 atom stereocenters. The highest BCUT2D eigenvalue weighted by Gasteiger charge is 2.33. The van der Waals surface area contributed by atoms with E-state index in [2.05, 4.69) is 10.1 Å². The third kappa shape index (κ3) is 3.66. The molecule has 122 valence electrons. The summed E-state index contributed by atoms with van der Waals surface area (Å²) in [5.74, 6) is -0.830. The van der Waals surface area contributed by atoms with Gasteiger partial charge in [0.2, 0.25) is 5.91 Å². The van der Waals surface area contributed by atoms with E-state index in [1.807, 2.05) is 29.6 Å². The Morgan fingerprint density at radius 2 is 2.17 bits per heavy atom. The van der Waals surface area contributed by atoms with E-state index in [-0.39, 0.29) is 11.8 Å². The second kappa shape index (κ2) is 6.23. The fourth-order valence-corrected chi connectivity index (χ4v) is 3.19. The van der Waals surface area contributed by atoms with Crippen molar-refractivity contribution in [2.24, 2.45) is 10.1 Å². The van der Waals surface area contributed by atoms with E-state index < -0.39 is 18.6 Å². The number of aliphatic imine (C=N–C) groups is 1. The third-order valence-electron chi connectivity index (χ3n) is 3.36. The molecule has 0 aromatic heterocycles. The zero-order valence-electron chi connectivity index (χ0n) is 11.9. The Labute approximate surface area is 134 Å². The van der Waals surface area contributed by atoms with Gasteiger partial charge >= 0.3 is 6.18 Å². The molecule has 1 aromatic carbocycles. The van der Waals surface area contributed by atoms with Crippen molar-refractivity contribution in [2.75, 3.05) is 12.3 Å². The topological polar surface area (TPSA) is 57.1 Å². The number of hydrazone groups is 1. The maximum absolute atomic E-state index is 12.1. The van der Waals surface area contributed by atoms with Gasteiger partial charge in [0.1, 0.15) is 6.54 Å². The molecular weight excluding hydrogens is 329 g/mol. The van der Waals surface area contributed by atoms with Gasteiger partial charge in [-0.3, -0.25) is 4.79 Å². The van der Waals surface area contributed by atoms with Crippen molar-refractivity contribution in [2.45, 2.75) is 18.6 Å². The Kier molecular flexibility index (Phi) is 4.29. The molecule has 2 aliphatic heterocycles. The average Bonchev–Trinajstić information content (AvgIpc) is 3.00. The van der Waals surface area contributed by atoms with E-state index in [1.165, 1.54) is 0 Å². The van der Waals surface area contributed by atoms with E-state index >= 15 is 0 Å². The minimum Gasteiger partial charge on any atom is -0.346 e. The van der Waals surface area contributed by atoms with Crippen molar-refractivity contribution >= 4 is 34.7 Å². The fourth-order valence-electron chi connectivity index (χ4n) is 2.36. The molecule has 3 rings (SSSR count). The summed E-state index contributed by atoms with van der Waals surface area (Å²) < 4.78 is 36.2. The number of alkyl halides is 3. The minimum atomic E-state index is -4.41. The molecule has 1 aromatic rings. The van der Waals surface area contributed by atoms with Gasteiger partial charge in [-0.25, -0.2) is 10.0 Å². The summed E-state index contributed by atoms with van der Waals surface area (Å²) in [6.45, 7) is -1.33. The summed E-state index contributed by atoms with van der Waals surface area (Å²) in [5, 5.41) is 8.32. The van der Waals surface area contributed by atoms with Gasteiger partial charge in [-0.15, -0.1) is 0 Å². The van der Waals surface area contributed by atoms with Gasteiger partial charge in [0.15, 0.2) is 5.17 Å².